The van der Waals surface area contributed by atoms with Gasteiger partial charge in [0.05, 0.1) is 31.0 Å². The predicted octanol–water partition coefficient (Wildman–Crippen LogP) is 3.29. The quantitative estimate of drug-likeness (QED) is 0.228. The number of ether oxygens (including phenoxy) is 2. The van der Waals surface area contributed by atoms with Gasteiger partial charge >= 0.3 is 16.3 Å². The lowest BCUT2D eigenvalue weighted by Crippen LogP contribution is -2.60. The molecule has 4 amide bonds. The van der Waals surface area contributed by atoms with Gasteiger partial charge in [-0.25, -0.2) is 14.2 Å². The first-order valence-corrected chi connectivity index (χ1v) is 22.2. The van der Waals surface area contributed by atoms with Crippen LogP contribution in [0.25, 0.3) is 22.3 Å². The van der Waals surface area contributed by atoms with Gasteiger partial charge in [-0.3, -0.25) is 19.2 Å². The minimum absolute atomic E-state index is 0.0559. The molecule has 57 heavy (non-hydrogen) atoms. The van der Waals surface area contributed by atoms with Gasteiger partial charge in [0.15, 0.2) is 0 Å². The topological polar surface area (TPSA) is 198 Å². The van der Waals surface area contributed by atoms with Crippen molar-refractivity contribution >= 4 is 56.7 Å². The molecular weight excluding hydrogens is 795 g/mol. The molecule has 7 rings (SSSR count). The molecule has 19 heteroatoms. The predicted molar refractivity (Wildman–Crippen MR) is 213 cm³/mol. The van der Waals surface area contributed by atoms with Crippen molar-refractivity contribution in [2.75, 3.05) is 32.8 Å². The summed E-state index contributed by atoms with van der Waals surface area (Å²) in [6.45, 7) is 9.44. The van der Waals surface area contributed by atoms with Crippen molar-refractivity contribution in [3.63, 3.8) is 0 Å². The fraction of sp³-hybridized carbons (Fsp3) is 0.526. The highest BCUT2D eigenvalue weighted by Gasteiger charge is 2.62. The fourth-order valence-corrected chi connectivity index (χ4v) is 10.0. The molecular formula is C38H47N7O9S3. The number of alkyl carbamates (subject to hydrolysis) is 1. The van der Waals surface area contributed by atoms with Gasteiger partial charge in [0.1, 0.15) is 23.7 Å². The summed E-state index contributed by atoms with van der Waals surface area (Å²) < 4.78 is 41.7. The van der Waals surface area contributed by atoms with E-state index in [4.69, 9.17) is 9.47 Å². The highest BCUT2D eigenvalue weighted by Crippen LogP contribution is 2.45. The number of aromatic nitrogens is 2. The summed E-state index contributed by atoms with van der Waals surface area (Å²) in [5.41, 5.74) is -0.335. The largest absolute Gasteiger partial charge is 0.446 e. The Morgan fingerprint density at radius 3 is 2.35 bits per heavy atom. The monoisotopic (exact) mass is 841 g/mol. The van der Waals surface area contributed by atoms with Gasteiger partial charge in [-0.05, 0) is 75.9 Å². The zero-order chi connectivity index (χ0) is 40.7. The maximum absolute atomic E-state index is 14.7. The van der Waals surface area contributed by atoms with Gasteiger partial charge in [0.25, 0.3) is 11.5 Å². The number of hydrogen-bond donors (Lipinski definition) is 3. The molecule has 2 saturated heterocycles. The molecule has 306 valence electrons. The maximum atomic E-state index is 14.7. The van der Waals surface area contributed by atoms with Crippen molar-refractivity contribution in [1.29, 1.82) is 0 Å². The second-order valence-corrected chi connectivity index (χ2v) is 19.2. The number of carbonyl (C=O) groups is 4. The smallest absolute Gasteiger partial charge is 0.408 e. The van der Waals surface area contributed by atoms with Gasteiger partial charge in [-0.2, -0.15) is 40.5 Å². The number of carbonyl (C=O) groups excluding carboxylic acids is 4. The molecule has 2 aliphatic carbocycles. The van der Waals surface area contributed by atoms with Crippen molar-refractivity contribution in [2.45, 2.75) is 82.6 Å². The van der Waals surface area contributed by atoms with E-state index in [9.17, 15) is 32.4 Å². The standard InChI is InChI=1S/C38H47N7O9S3/c1-5-25-18-38(25,35(49)42-57(51,52)43-11-13-53-14-12-43)41-32(46)29-17-26(20-44(29)34(48)31(37(2,3)4)40-36(50)54-27-7-6-8-27)45-33(47)30(24-10-16-56-22-24)28(19-39-45)23-9-15-55-21-23/h5,9-10,15-16,19,21-22,25-27,29,31H,1,6-8,11-14,17-18,20H2,2-4H3,(H,40,50)(H,41,46)(H,42,49)/t25-,26-,29+,31-,38-/m1/s1. The van der Waals surface area contributed by atoms with E-state index in [0.29, 0.717) is 16.7 Å². The Morgan fingerprint density at radius 1 is 1.09 bits per heavy atom. The highest BCUT2D eigenvalue weighted by molar-refractivity contribution is 7.87. The lowest BCUT2D eigenvalue weighted by Gasteiger charge is -2.36. The summed E-state index contributed by atoms with van der Waals surface area (Å²) in [7, 11) is -4.27. The third-order valence-corrected chi connectivity index (χ3v) is 14.0. The molecule has 3 N–H and O–H groups in total. The van der Waals surface area contributed by atoms with Crippen LogP contribution in [0.2, 0.25) is 0 Å². The third kappa shape index (κ3) is 8.30. The number of hydrogen-bond acceptors (Lipinski definition) is 12. The lowest BCUT2D eigenvalue weighted by atomic mass is 9.85. The summed E-state index contributed by atoms with van der Waals surface area (Å²) >= 11 is 2.92. The number of thiophene rings is 2. The molecule has 3 aromatic rings. The van der Waals surface area contributed by atoms with Crippen LogP contribution in [0.15, 0.2) is 57.3 Å². The van der Waals surface area contributed by atoms with Crippen molar-refractivity contribution in [1.82, 2.24) is 34.3 Å². The van der Waals surface area contributed by atoms with Crippen molar-refractivity contribution in [2.24, 2.45) is 11.3 Å². The molecule has 0 spiro atoms. The molecule has 0 aromatic carbocycles. The Hall–Kier alpha value is -4.43. The van der Waals surface area contributed by atoms with E-state index in [1.165, 1.54) is 38.3 Å². The van der Waals surface area contributed by atoms with E-state index >= 15 is 0 Å². The molecule has 0 bridgehead atoms. The SMILES string of the molecule is C=C[C@@H]1C[C@]1(NC(=O)[C@@H]1C[C@@H](n2ncc(-c3ccsc3)c(-c3ccsc3)c2=O)CN1C(=O)[C@@H](NC(=O)OC1CCC1)C(C)(C)C)C(=O)NS(=O)(=O)N1CCOCC1. The van der Waals surface area contributed by atoms with Gasteiger partial charge in [0, 0.05) is 37.5 Å². The number of rotatable bonds is 12. The number of nitrogens with one attached hydrogen (secondary N) is 3. The van der Waals surface area contributed by atoms with Crippen LogP contribution in [0.4, 0.5) is 4.79 Å². The molecule has 2 saturated carbocycles. The first-order valence-electron chi connectivity index (χ1n) is 18.9. The maximum Gasteiger partial charge on any atom is 0.408 e. The van der Waals surface area contributed by atoms with E-state index in [2.05, 4.69) is 27.0 Å². The average Bonchev–Trinajstić information content (AvgIpc) is 3.67. The Morgan fingerprint density at radius 2 is 1.77 bits per heavy atom. The number of likely N-dealkylation sites (tertiary alicyclic amines) is 1. The van der Waals surface area contributed by atoms with Gasteiger partial charge in [-0.1, -0.05) is 26.8 Å². The second kappa shape index (κ2) is 16.1. The zero-order valence-electron chi connectivity index (χ0n) is 32.0. The normalized spacial score (nSPS) is 24.5. The Kier molecular flexibility index (Phi) is 11.5. The van der Waals surface area contributed by atoms with Gasteiger partial charge < -0.3 is 25.0 Å². The fourth-order valence-electron chi connectivity index (χ4n) is 7.54. The van der Waals surface area contributed by atoms with Crippen LogP contribution in [-0.2, 0) is 34.1 Å². The van der Waals surface area contributed by atoms with Crippen molar-refractivity contribution in [3.8, 4) is 22.3 Å². The Bertz CT molecular complexity index is 2180. The van der Waals surface area contributed by atoms with E-state index in [1.54, 1.807) is 27.0 Å². The van der Waals surface area contributed by atoms with Crippen LogP contribution in [0.1, 0.15) is 58.9 Å². The van der Waals surface area contributed by atoms with E-state index < -0.39 is 74.6 Å². The summed E-state index contributed by atoms with van der Waals surface area (Å²) in [4.78, 5) is 71.9. The number of amides is 4. The summed E-state index contributed by atoms with van der Waals surface area (Å²) in [5, 5.41) is 17.7. The summed E-state index contributed by atoms with van der Waals surface area (Å²) in [5.74, 6) is -2.87. The first-order chi connectivity index (χ1) is 27.1. The Balaban J connectivity index is 1.22. The van der Waals surface area contributed by atoms with Crippen LogP contribution >= 0.6 is 22.7 Å². The van der Waals surface area contributed by atoms with Crippen LogP contribution in [0, 0.1) is 11.3 Å². The van der Waals surface area contributed by atoms with E-state index in [0.717, 1.165) is 29.1 Å². The minimum atomic E-state index is -4.27. The highest BCUT2D eigenvalue weighted by atomic mass is 32.2. The first kappa shape index (κ1) is 40.8. The molecule has 16 nitrogen and oxygen atoms in total. The van der Waals surface area contributed by atoms with E-state index in [1.807, 2.05) is 33.7 Å². The van der Waals surface area contributed by atoms with Gasteiger partial charge in [0.2, 0.25) is 11.8 Å². The van der Waals surface area contributed by atoms with Gasteiger partial charge in [-0.15, -0.1) is 6.58 Å². The molecule has 2 aliphatic heterocycles. The second-order valence-electron chi connectivity index (χ2n) is 16.0. The molecule has 3 aromatic heterocycles. The van der Waals surface area contributed by atoms with Crippen LogP contribution in [-0.4, -0.2) is 108 Å². The minimum Gasteiger partial charge on any atom is -0.446 e. The molecule has 0 unspecified atom stereocenters. The van der Waals surface area contributed by atoms with Crippen molar-refractivity contribution < 1.29 is 37.1 Å². The molecule has 4 fully saturated rings. The average molecular weight is 842 g/mol. The molecule has 4 aliphatic rings. The third-order valence-electron chi connectivity index (χ3n) is 11.1. The molecule has 5 atom stereocenters. The van der Waals surface area contributed by atoms with E-state index in [-0.39, 0.29) is 51.8 Å². The molecule has 5 heterocycles. The van der Waals surface area contributed by atoms with Crippen LogP contribution in [0.5, 0.6) is 0 Å². The zero-order valence-corrected chi connectivity index (χ0v) is 34.4. The molecule has 0 radical (unpaired) electrons. The summed E-state index contributed by atoms with van der Waals surface area (Å²) in [6, 6.07) is 0.552. The summed E-state index contributed by atoms with van der Waals surface area (Å²) in [6.07, 6.45) is 4.48. The number of nitrogens with zero attached hydrogens (tertiary/aromatic N) is 4. The number of morpholine rings is 1. The van der Waals surface area contributed by atoms with Crippen LogP contribution in [0.3, 0.4) is 0 Å². The van der Waals surface area contributed by atoms with Crippen LogP contribution < -0.4 is 20.9 Å². The van der Waals surface area contributed by atoms with Crippen molar-refractivity contribution in [3.05, 3.63) is 62.9 Å². The Labute approximate surface area is 338 Å². The lowest BCUT2D eigenvalue weighted by molar-refractivity contribution is -0.143.